The number of benzene rings is 1. The lowest BCUT2D eigenvalue weighted by Gasteiger charge is -2.38. The van der Waals surface area contributed by atoms with E-state index < -0.39 is 0 Å². The lowest BCUT2D eigenvalue weighted by atomic mass is 10.0. The van der Waals surface area contributed by atoms with Crippen LogP contribution in [0.4, 0.5) is 4.39 Å². The number of fused-ring (bicyclic) bond motifs is 1. The van der Waals surface area contributed by atoms with E-state index >= 15 is 0 Å². The normalized spacial score (nSPS) is 30.3. The van der Waals surface area contributed by atoms with Gasteiger partial charge in [0.25, 0.3) is 0 Å². The van der Waals surface area contributed by atoms with Gasteiger partial charge in [-0.25, -0.2) is 4.39 Å². The Kier molecular flexibility index (Phi) is 2.65. The van der Waals surface area contributed by atoms with Gasteiger partial charge in [-0.1, -0.05) is 12.1 Å². The summed E-state index contributed by atoms with van der Waals surface area (Å²) >= 11 is 0. The first-order chi connectivity index (χ1) is 7.84. The Morgan fingerprint density at radius 1 is 1.19 bits per heavy atom. The number of nitrogens with one attached hydrogen (secondary N) is 1. The van der Waals surface area contributed by atoms with Gasteiger partial charge in [0, 0.05) is 25.2 Å². The van der Waals surface area contributed by atoms with Gasteiger partial charge in [0.2, 0.25) is 0 Å². The van der Waals surface area contributed by atoms with Crippen LogP contribution in [-0.2, 0) is 0 Å². The fourth-order valence-corrected chi connectivity index (χ4v) is 2.99. The standard InChI is InChI=1S/C13H17FN2/c14-11-5-3-10(4-6-11)13-9-15-8-12-2-1-7-16(12)13/h3-6,12-13,15H,1-2,7-9H2/t12-,13?/m0/s1. The SMILES string of the molecule is Fc1ccc(C2CNC[C@@H]3CCCN23)cc1. The zero-order valence-electron chi connectivity index (χ0n) is 9.32. The van der Waals surface area contributed by atoms with Gasteiger partial charge >= 0.3 is 0 Å². The summed E-state index contributed by atoms with van der Waals surface area (Å²) in [6, 6.07) is 8.08. The summed E-state index contributed by atoms with van der Waals surface area (Å²) in [5.74, 6) is -0.148. The van der Waals surface area contributed by atoms with E-state index in [-0.39, 0.29) is 5.82 Å². The van der Waals surface area contributed by atoms with Crippen molar-refractivity contribution in [3.05, 3.63) is 35.6 Å². The molecule has 2 aliphatic heterocycles. The van der Waals surface area contributed by atoms with Crippen molar-refractivity contribution in [2.75, 3.05) is 19.6 Å². The average molecular weight is 220 g/mol. The number of hydrogen-bond donors (Lipinski definition) is 1. The van der Waals surface area contributed by atoms with Gasteiger partial charge in [0.15, 0.2) is 0 Å². The van der Waals surface area contributed by atoms with Crippen LogP contribution in [0.2, 0.25) is 0 Å². The van der Waals surface area contributed by atoms with E-state index in [2.05, 4.69) is 10.2 Å². The van der Waals surface area contributed by atoms with Gasteiger partial charge in [0.05, 0.1) is 0 Å². The summed E-state index contributed by atoms with van der Waals surface area (Å²) < 4.78 is 12.9. The van der Waals surface area contributed by atoms with Crippen molar-refractivity contribution in [1.82, 2.24) is 10.2 Å². The molecule has 3 rings (SSSR count). The third kappa shape index (κ3) is 1.74. The molecule has 2 aliphatic rings. The van der Waals surface area contributed by atoms with E-state index in [1.165, 1.54) is 24.9 Å². The molecule has 0 amide bonds. The van der Waals surface area contributed by atoms with E-state index in [0.717, 1.165) is 13.1 Å². The van der Waals surface area contributed by atoms with Crippen molar-refractivity contribution in [3.8, 4) is 0 Å². The molecule has 2 heterocycles. The fourth-order valence-electron chi connectivity index (χ4n) is 2.99. The zero-order chi connectivity index (χ0) is 11.0. The molecule has 2 saturated heterocycles. The van der Waals surface area contributed by atoms with Crippen molar-refractivity contribution in [1.29, 1.82) is 0 Å². The van der Waals surface area contributed by atoms with Crippen LogP contribution >= 0.6 is 0 Å². The highest BCUT2D eigenvalue weighted by atomic mass is 19.1. The third-order valence-electron chi connectivity index (χ3n) is 3.80. The van der Waals surface area contributed by atoms with Gasteiger partial charge in [0.1, 0.15) is 5.82 Å². The second kappa shape index (κ2) is 4.15. The second-order valence-corrected chi connectivity index (χ2v) is 4.76. The molecular weight excluding hydrogens is 203 g/mol. The largest absolute Gasteiger partial charge is 0.313 e. The van der Waals surface area contributed by atoms with Gasteiger partial charge < -0.3 is 5.32 Å². The van der Waals surface area contributed by atoms with Crippen molar-refractivity contribution >= 4 is 0 Å². The maximum atomic E-state index is 12.9. The van der Waals surface area contributed by atoms with Crippen LogP contribution in [-0.4, -0.2) is 30.6 Å². The molecule has 2 nitrogen and oxygen atoms in total. The number of nitrogens with zero attached hydrogens (tertiary/aromatic N) is 1. The highest BCUT2D eigenvalue weighted by molar-refractivity contribution is 5.21. The summed E-state index contributed by atoms with van der Waals surface area (Å²) in [6.07, 6.45) is 2.59. The predicted molar refractivity (Wildman–Crippen MR) is 61.7 cm³/mol. The minimum atomic E-state index is -0.148. The Hall–Kier alpha value is -0.930. The smallest absolute Gasteiger partial charge is 0.123 e. The van der Waals surface area contributed by atoms with Crippen LogP contribution in [0.15, 0.2) is 24.3 Å². The molecule has 0 aromatic heterocycles. The number of rotatable bonds is 1. The maximum absolute atomic E-state index is 12.9. The first-order valence-corrected chi connectivity index (χ1v) is 6.06. The molecule has 1 aromatic carbocycles. The fraction of sp³-hybridized carbons (Fsp3) is 0.538. The molecule has 0 bridgehead atoms. The molecule has 1 unspecified atom stereocenters. The van der Waals surface area contributed by atoms with Gasteiger partial charge in [-0.2, -0.15) is 0 Å². The van der Waals surface area contributed by atoms with Crippen molar-refractivity contribution in [3.63, 3.8) is 0 Å². The van der Waals surface area contributed by atoms with E-state index in [9.17, 15) is 4.39 Å². The first-order valence-electron chi connectivity index (χ1n) is 6.06. The summed E-state index contributed by atoms with van der Waals surface area (Å²) in [7, 11) is 0. The predicted octanol–water partition coefficient (Wildman–Crippen LogP) is 1.93. The maximum Gasteiger partial charge on any atom is 0.123 e. The highest BCUT2D eigenvalue weighted by Gasteiger charge is 2.34. The van der Waals surface area contributed by atoms with E-state index in [0.29, 0.717) is 12.1 Å². The van der Waals surface area contributed by atoms with Gasteiger partial charge in [-0.05, 0) is 37.1 Å². The minimum absolute atomic E-state index is 0.148. The summed E-state index contributed by atoms with van der Waals surface area (Å²) in [4.78, 5) is 2.57. The zero-order valence-corrected chi connectivity index (χ0v) is 9.32. The van der Waals surface area contributed by atoms with Gasteiger partial charge in [-0.3, -0.25) is 4.90 Å². The van der Waals surface area contributed by atoms with Gasteiger partial charge in [-0.15, -0.1) is 0 Å². The Bertz CT molecular complexity index is 363. The van der Waals surface area contributed by atoms with Crippen LogP contribution < -0.4 is 5.32 Å². The average Bonchev–Trinajstić information content (AvgIpc) is 2.78. The van der Waals surface area contributed by atoms with Crippen LogP contribution in [0.5, 0.6) is 0 Å². The molecule has 0 radical (unpaired) electrons. The molecule has 16 heavy (non-hydrogen) atoms. The van der Waals surface area contributed by atoms with Crippen LogP contribution in [0, 0.1) is 5.82 Å². The first kappa shape index (κ1) is 10.2. The molecule has 1 aromatic rings. The Morgan fingerprint density at radius 2 is 2.00 bits per heavy atom. The van der Waals surface area contributed by atoms with Crippen LogP contribution in [0.1, 0.15) is 24.4 Å². The molecule has 1 N–H and O–H groups in total. The van der Waals surface area contributed by atoms with Crippen molar-refractivity contribution in [2.24, 2.45) is 0 Å². The van der Waals surface area contributed by atoms with Crippen molar-refractivity contribution in [2.45, 2.75) is 24.9 Å². The molecule has 2 atom stereocenters. The topological polar surface area (TPSA) is 15.3 Å². The van der Waals surface area contributed by atoms with E-state index in [1.807, 2.05) is 12.1 Å². The van der Waals surface area contributed by atoms with Crippen LogP contribution in [0.3, 0.4) is 0 Å². The lowest BCUT2D eigenvalue weighted by Crippen LogP contribution is -2.49. The van der Waals surface area contributed by atoms with Crippen molar-refractivity contribution < 1.29 is 4.39 Å². The number of piperazine rings is 1. The Balaban J connectivity index is 1.85. The molecule has 0 aliphatic carbocycles. The van der Waals surface area contributed by atoms with Crippen LogP contribution in [0.25, 0.3) is 0 Å². The molecule has 2 fully saturated rings. The second-order valence-electron chi connectivity index (χ2n) is 4.76. The Morgan fingerprint density at radius 3 is 2.81 bits per heavy atom. The molecule has 86 valence electrons. The monoisotopic (exact) mass is 220 g/mol. The quantitative estimate of drug-likeness (QED) is 0.778. The Labute approximate surface area is 95.4 Å². The summed E-state index contributed by atoms with van der Waals surface area (Å²) in [5.41, 5.74) is 1.24. The molecule has 0 saturated carbocycles. The number of hydrogen-bond acceptors (Lipinski definition) is 2. The molecule has 0 spiro atoms. The summed E-state index contributed by atoms with van der Waals surface area (Å²) in [6.45, 7) is 3.29. The van der Waals surface area contributed by atoms with E-state index in [1.54, 1.807) is 12.1 Å². The molecular formula is C13H17FN2. The minimum Gasteiger partial charge on any atom is -0.313 e. The number of halogens is 1. The lowest BCUT2D eigenvalue weighted by molar-refractivity contribution is 0.138. The highest BCUT2D eigenvalue weighted by Crippen LogP contribution is 2.31. The third-order valence-corrected chi connectivity index (χ3v) is 3.80. The molecule has 3 heteroatoms. The van der Waals surface area contributed by atoms with E-state index in [4.69, 9.17) is 0 Å². The summed E-state index contributed by atoms with van der Waals surface area (Å²) in [5, 5.41) is 3.48.